The molecule has 0 bridgehead atoms. The molecule has 0 radical (unpaired) electrons. The molecule has 0 aliphatic rings. The van der Waals surface area contributed by atoms with Crippen LogP contribution in [0.2, 0.25) is 0 Å². The summed E-state index contributed by atoms with van der Waals surface area (Å²) in [5, 5.41) is 0. The summed E-state index contributed by atoms with van der Waals surface area (Å²) in [6, 6.07) is 0. The smallest absolute Gasteiger partial charge is 0.306 e. The van der Waals surface area contributed by atoms with Gasteiger partial charge in [-0.15, -0.1) is 0 Å². The Hall–Kier alpha value is -1.19. The molecule has 0 N–H and O–H groups in total. The van der Waals surface area contributed by atoms with Gasteiger partial charge in [-0.2, -0.15) is 0 Å². The quantitative estimate of drug-likeness (QED) is 0.456. The number of methoxy groups -OCH3 is 1. The Morgan fingerprint density at radius 2 is 2.07 bits per heavy atom. The van der Waals surface area contributed by atoms with Crippen molar-refractivity contribution >= 4 is 18.0 Å². The maximum Gasteiger partial charge on any atom is 0.306 e. The van der Waals surface area contributed by atoms with Gasteiger partial charge < -0.3 is 14.3 Å². The Morgan fingerprint density at radius 1 is 1.43 bits per heavy atom. The van der Waals surface area contributed by atoms with Crippen molar-refractivity contribution in [3.63, 3.8) is 0 Å². The number of hydrogen-bond donors (Lipinski definition) is 0. The number of ketones is 1. The summed E-state index contributed by atoms with van der Waals surface area (Å²) in [5.74, 6) is -0.598. The molecule has 0 saturated heterocycles. The SMILES string of the molecule is COC(=O)CC(C=O)CCCC(C)=O. The van der Waals surface area contributed by atoms with Gasteiger partial charge in [0, 0.05) is 12.3 Å². The lowest BCUT2D eigenvalue weighted by molar-refractivity contribution is -0.142. The fourth-order valence-electron chi connectivity index (χ4n) is 1.13. The number of Topliss-reactive ketones (excluding diaryl/α,β-unsaturated/α-hetero) is 1. The van der Waals surface area contributed by atoms with Crippen molar-refractivity contribution in [1.82, 2.24) is 0 Å². The molecule has 80 valence electrons. The first-order valence-corrected chi connectivity index (χ1v) is 4.61. The van der Waals surface area contributed by atoms with Crippen molar-refractivity contribution in [2.24, 2.45) is 5.92 Å². The molecule has 1 atom stereocenters. The normalized spacial score (nSPS) is 11.9. The van der Waals surface area contributed by atoms with Crippen LogP contribution in [0, 0.1) is 5.92 Å². The second-order valence-electron chi connectivity index (χ2n) is 3.27. The van der Waals surface area contributed by atoms with E-state index in [1.807, 2.05) is 0 Å². The van der Waals surface area contributed by atoms with Crippen LogP contribution in [0.25, 0.3) is 0 Å². The van der Waals surface area contributed by atoms with Crippen LogP contribution < -0.4 is 0 Å². The molecule has 0 aliphatic carbocycles. The van der Waals surface area contributed by atoms with E-state index in [0.29, 0.717) is 19.3 Å². The van der Waals surface area contributed by atoms with E-state index in [1.165, 1.54) is 14.0 Å². The number of rotatable bonds is 7. The van der Waals surface area contributed by atoms with Crippen LogP contribution in [0.4, 0.5) is 0 Å². The zero-order chi connectivity index (χ0) is 11.0. The minimum absolute atomic E-state index is 0.104. The summed E-state index contributed by atoms with van der Waals surface area (Å²) in [7, 11) is 1.29. The standard InChI is InChI=1S/C10H16O4/c1-8(12)4-3-5-9(7-11)6-10(13)14-2/h7,9H,3-6H2,1-2H3. The van der Waals surface area contributed by atoms with Gasteiger partial charge in [-0.05, 0) is 19.8 Å². The molecule has 0 heterocycles. The Kier molecular flexibility index (Phi) is 6.62. The molecule has 0 aliphatic heterocycles. The number of hydrogen-bond acceptors (Lipinski definition) is 4. The molecule has 0 rings (SSSR count). The van der Waals surface area contributed by atoms with Crippen LogP contribution in [0.1, 0.15) is 32.6 Å². The summed E-state index contributed by atoms with van der Waals surface area (Å²) in [5.41, 5.74) is 0. The number of esters is 1. The predicted octanol–water partition coefficient (Wildman–Crippen LogP) is 1.12. The summed E-state index contributed by atoms with van der Waals surface area (Å²) in [6.07, 6.45) is 2.54. The van der Waals surface area contributed by atoms with Gasteiger partial charge in [-0.3, -0.25) is 4.79 Å². The lowest BCUT2D eigenvalue weighted by Crippen LogP contribution is -2.11. The summed E-state index contributed by atoms with van der Waals surface area (Å²) >= 11 is 0. The van der Waals surface area contributed by atoms with E-state index in [9.17, 15) is 14.4 Å². The third-order valence-electron chi connectivity index (χ3n) is 1.95. The topological polar surface area (TPSA) is 60.4 Å². The second kappa shape index (κ2) is 7.24. The lowest BCUT2D eigenvalue weighted by Gasteiger charge is -2.07. The Balaban J connectivity index is 3.74. The fourth-order valence-corrected chi connectivity index (χ4v) is 1.13. The van der Waals surface area contributed by atoms with E-state index in [0.717, 1.165) is 6.29 Å². The highest BCUT2D eigenvalue weighted by Crippen LogP contribution is 2.11. The summed E-state index contributed by atoms with van der Waals surface area (Å²) in [4.78, 5) is 32.0. The molecule has 0 spiro atoms. The van der Waals surface area contributed by atoms with E-state index >= 15 is 0 Å². The Morgan fingerprint density at radius 3 is 2.50 bits per heavy atom. The van der Waals surface area contributed by atoms with E-state index in [2.05, 4.69) is 4.74 Å². The van der Waals surface area contributed by atoms with Gasteiger partial charge in [-0.1, -0.05) is 0 Å². The molecular formula is C10H16O4. The highest BCUT2D eigenvalue weighted by molar-refractivity contribution is 5.75. The minimum atomic E-state index is -0.384. The molecule has 1 unspecified atom stereocenters. The third-order valence-corrected chi connectivity index (χ3v) is 1.95. The van der Waals surface area contributed by atoms with Crippen LogP contribution in [0.15, 0.2) is 0 Å². The van der Waals surface area contributed by atoms with Crippen LogP contribution >= 0.6 is 0 Å². The highest BCUT2D eigenvalue weighted by Gasteiger charge is 2.13. The second-order valence-corrected chi connectivity index (χ2v) is 3.27. The molecule has 0 aromatic carbocycles. The molecule has 0 saturated carbocycles. The van der Waals surface area contributed by atoms with Crippen LogP contribution in [-0.4, -0.2) is 25.1 Å². The first-order valence-electron chi connectivity index (χ1n) is 4.61. The average Bonchev–Trinajstić information content (AvgIpc) is 2.15. The lowest BCUT2D eigenvalue weighted by atomic mass is 9.99. The van der Waals surface area contributed by atoms with Gasteiger partial charge in [0.05, 0.1) is 13.5 Å². The van der Waals surface area contributed by atoms with Crippen molar-refractivity contribution in [2.45, 2.75) is 32.6 Å². The number of aldehydes is 1. The molecule has 4 nitrogen and oxygen atoms in total. The Labute approximate surface area is 83.6 Å². The van der Waals surface area contributed by atoms with Crippen molar-refractivity contribution in [1.29, 1.82) is 0 Å². The maximum absolute atomic E-state index is 10.8. The molecule has 0 amide bonds. The molecule has 14 heavy (non-hydrogen) atoms. The van der Waals surface area contributed by atoms with Crippen molar-refractivity contribution in [3.05, 3.63) is 0 Å². The zero-order valence-corrected chi connectivity index (χ0v) is 8.62. The number of carbonyl (C=O) groups is 3. The van der Waals surface area contributed by atoms with E-state index in [1.54, 1.807) is 0 Å². The molecule has 0 aromatic heterocycles. The van der Waals surface area contributed by atoms with Crippen LogP contribution in [0.3, 0.4) is 0 Å². The Bertz CT molecular complexity index is 210. The van der Waals surface area contributed by atoms with Gasteiger partial charge in [-0.25, -0.2) is 0 Å². The summed E-state index contributed by atoms with van der Waals surface area (Å²) in [6.45, 7) is 1.51. The maximum atomic E-state index is 10.8. The van der Waals surface area contributed by atoms with E-state index < -0.39 is 0 Å². The first-order chi connectivity index (χ1) is 6.60. The number of carbonyl (C=O) groups excluding carboxylic acids is 3. The van der Waals surface area contributed by atoms with Crippen molar-refractivity contribution in [2.75, 3.05) is 7.11 Å². The van der Waals surface area contributed by atoms with Gasteiger partial charge in [0.25, 0.3) is 0 Å². The van der Waals surface area contributed by atoms with Gasteiger partial charge in [0.2, 0.25) is 0 Å². The molecule has 4 heteroatoms. The van der Waals surface area contributed by atoms with Gasteiger partial charge >= 0.3 is 5.97 Å². The van der Waals surface area contributed by atoms with E-state index in [4.69, 9.17) is 0 Å². The van der Waals surface area contributed by atoms with Crippen LogP contribution in [-0.2, 0) is 19.1 Å². The number of ether oxygens (including phenoxy) is 1. The minimum Gasteiger partial charge on any atom is -0.469 e. The van der Waals surface area contributed by atoms with Crippen molar-refractivity contribution in [3.8, 4) is 0 Å². The van der Waals surface area contributed by atoms with Gasteiger partial charge in [0.15, 0.2) is 0 Å². The molecule has 0 fully saturated rings. The molecule has 0 aromatic rings. The van der Waals surface area contributed by atoms with Gasteiger partial charge in [0.1, 0.15) is 12.1 Å². The largest absolute Gasteiger partial charge is 0.469 e. The highest BCUT2D eigenvalue weighted by atomic mass is 16.5. The molecular weight excluding hydrogens is 184 g/mol. The summed E-state index contributed by atoms with van der Waals surface area (Å²) < 4.78 is 4.45. The van der Waals surface area contributed by atoms with E-state index in [-0.39, 0.29) is 24.1 Å². The third kappa shape index (κ3) is 6.34. The van der Waals surface area contributed by atoms with Crippen LogP contribution in [0.5, 0.6) is 0 Å². The predicted molar refractivity (Wildman–Crippen MR) is 50.7 cm³/mol. The monoisotopic (exact) mass is 200 g/mol. The first kappa shape index (κ1) is 12.8. The zero-order valence-electron chi connectivity index (χ0n) is 8.62. The average molecular weight is 200 g/mol. The van der Waals surface area contributed by atoms with Crippen molar-refractivity contribution < 1.29 is 19.1 Å². The fraction of sp³-hybridized carbons (Fsp3) is 0.700.